The molecular weight excluding hydrogens is 1080 g/mol. The lowest BCUT2D eigenvalue weighted by Gasteiger charge is -2.49. The Balaban J connectivity index is 1.11. The van der Waals surface area contributed by atoms with E-state index in [0.717, 1.165) is 12.8 Å². The third-order valence-electron chi connectivity index (χ3n) is 17.1. The zero-order valence-electron chi connectivity index (χ0n) is 49.2. The minimum absolute atomic E-state index is 0.0108. The monoisotopic (exact) mass is 1170 g/mol. The molecular formula is C57H89ClN4O19. The molecule has 1 aromatic heterocycles. The second-order valence-electron chi connectivity index (χ2n) is 23.8. The number of esters is 2. The number of nitrogens with one attached hydrogen (secondary N) is 1. The number of benzene rings is 1. The first-order chi connectivity index (χ1) is 38.0. The van der Waals surface area contributed by atoms with Gasteiger partial charge in [0, 0.05) is 55.6 Å². The van der Waals surface area contributed by atoms with Crippen molar-refractivity contribution >= 4 is 46.1 Å². The van der Waals surface area contributed by atoms with Crippen LogP contribution in [-0.2, 0) is 52.2 Å². The Hall–Kier alpha value is -3.95. The number of ether oxygens (including phenoxy) is 9. The highest BCUT2D eigenvalue weighted by Crippen LogP contribution is 2.43. The van der Waals surface area contributed by atoms with Crippen molar-refractivity contribution in [3.63, 3.8) is 0 Å². The smallest absolute Gasteiger partial charge is 0.341 e. The molecule has 3 aliphatic heterocycles. The van der Waals surface area contributed by atoms with E-state index in [9.17, 15) is 49.6 Å². The average molecular weight is 1170 g/mol. The number of aliphatic hydroxyl groups excluding tert-OH is 2. The standard InChI is InChI=1S/C57H89ClN4O19/c1-14-42-57(10,71)49(66)31(4)45(60-72)29(2)26-55(8,70)50(81-54-47(65)41(61(11)12)23-30(3)76-54)32(5)48(33(6)53(69)78-42)80-44-27-56(9,73-13)51(34(7)77-44)79-43(63)17-19-74-21-22-75-20-18-59-39-24-36-40(25-38(39)58)62(35-15-16-35)28-37(46(36)64)52(67)68/h24-25,28-35,41-42,44-45,47-51,54,59,65-66,70-71H,14-23,26-27H2,1-13H3,(H,67,68)/t29-,30-,31+,32+,33-,34+,41+,42-,44?,45?,47-,48+,49-,50-,51+,54?,55-,56-,57-/m1/s1. The molecule has 458 valence electrons. The highest BCUT2D eigenvalue weighted by molar-refractivity contribution is 6.34. The van der Waals surface area contributed by atoms with E-state index < -0.39 is 125 Å². The van der Waals surface area contributed by atoms with Crippen molar-refractivity contribution < 1.29 is 82.5 Å². The molecule has 1 aliphatic carbocycles. The number of pyridine rings is 1. The summed E-state index contributed by atoms with van der Waals surface area (Å²) in [6.07, 6.45) is -7.60. The molecule has 0 bridgehead atoms. The van der Waals surface area contributed by atoms with Crippen LogP contribution in [0.15, 0.2) is 28.3 Å². The van der Waals surface area contributed by atoms with Crippen molar-refractivity contribution in [2.24, 2.45) is 28.8 Å². The van der Waals surface area contributed by atoms with Gasteiger partial charge in [-0.25, -0.2) is 4.79 Å². The van der Waals surface area contributed by atoms with Crippen LogP contribution in [0.1, 0.15) is 131 Å². The predicted octanol–water partition coefficient (Wildman–Crippen LogP) is 5.44. The van der Waals surface area contributed by atoms with Crippen LogP contribution in [0.4, 0.5) is 5.69 Å². The number of fused-ring (bicyclic) bond motifs is 1. The summed E-state index contributed by atoms with van der Waals surface area (Å²) in [6, 6.07) is 1.83. The number of aromatic carboxylic acids is 1. The van der Waals surface area contributed by atoms with Crippen LogP contribution < -0.4 is 10.7 Å². The minimum Gasteiger partial charge on any atom is -0.477 e. The Morgan fingerprint density at radius 2 is 1.59 bits per heavy atom. The number of carboxylic acid groups (broad SMARTS) is 1. The SMILES string of the molecule is CC[C@H]1OC(=O)[C@H](C)[C@@H](OC2C[C@@](C)(OC)[C@@H](OC(=O)CCOCCOCCNc3cc4c(=O)c(C(=O)O)cn(C5CC5)c4cc3Cl)[C@H](C)O2)[C@H](C)[C@@H](OC2O[C@H](C)C[C@H](N(C)C)[C@H]2O)[C@](C)(O)C[C@@H](C)C(N=O)[C@H](C)[C@@H](O)[C@]1(C)O. The molecule has 81 heavy (non-hydrogen) atoms. The number of halogens is 1. The summed E-state index contributed by atoms with van der Waals surface area (Å²) in [5.41, 5.74) is -4.98. The lowest BCUT2D eigenvalue weighted by atomic mass is 9.72. The number of nitroso groups, excluding NO2 is 1. The number of carboxylic acids is 1. The van der Waals surface area contributed by atoms with Gasteiger partial charge in [0.15, 0.2) is 18.7 Å². The maximum Gasteiger partial charge on any atom is 0.341 e. The first-order valence-electron chi connectivity index (χ1n) is 28.4. The quantitative estimate of drug-likeness (QED) is 0.0515. The number of cyclic esters (lactones) is 1. The fourth-order valence-electron chi connectivity index (χ4n) is 12.2. The van der Waals surface area contributed by atoms with Crippen LogP contribution in [0.2, 0.25) is 5.02 Å². The third kappa shape index (κ3) is 15.5. The normalized spacial score (nSPS) is 37.3. The molecule has 4 aliphatic rings. The van der Waals surface area contributed by atoms with Crippen LogP contribution in [0, 0.1) is 28.6 Å². The van der Waals surface area contributed by atoms with Crippen molar-refractivity contribution in [2.75, 3.05) is 59.5 Å². The number of carbonyl (C=O) groups excluding carboxylic acids is 2. The molecule has 23 nitrogen and oxygen atoms in total. The summed E-state index contributed by atoms with van der Waals surface area (Å²) in [5.74, 6) is -6.48. The molecule has 4 heterocycles. The van der Waals surface area contributed by atoms with Gasteiger partial charge in [0.1, 0.15) is 29.0 Å². The molecule has 6 rings (SSSR count). The highest BCUT2D eigenvalue weighted by atomic mass is 35.5. The van der Waals surface area contributed by atoms with Gasteiger partial charge in [-0.1, -0.05) is 44.5 Å². The van der Waals surface area contributed by atoms with E-state index in [0.29, 0.717) is 29.2 Å². The lowest BCUT2D eigenvalue weighted by Crippen LogP contribution is -2.61. The summed E-state index contributed by atoms with van der Waals surface area (Å²) >= 11 is 6.58. The van der Waals surface area contributed by atoms with Crippen molar-refractivity contribution in [1.29, 1.82) is 0 Å². The van der Waals surface area contributed by atoms with E-state index in [2.05, 4.69) is 10.5 Å². The summed E-state index contributed by atoms with van der Waals surface area (Å²) < 4.78 is 57.6. The molecule has 1 aromatic carbocycles. The molecule has 2 aromatic rings. The molecule has 3 saturated heterocycles. The maximum absolute atomic E-state index is 14.5. The number of hydrogen-bond acceptors (Lipinski definition) is 21. The van der Waals surface area contributed by atoms with Crippen LogP contribution in [-0.4, -0.2) is 197 Å². The first kappa shape index (κ1) is 66.2. The third-order valence-corrected chi connectivity index (χ3v) is 17.4. The first-order valence-corrected chi connectivity index (χ1v) is 28.8. The number of nitrogens with zero attached hydrogens (tertiary/aromatic N) is 3. The Bertz CT molecular complexity index is 2530. The topological polar surface area (TPSA) is 302 Å². The van der Waals surface area contributed by atoms with Crippen LogP contribution in [0.3, 0.4) is 0 Å². The molecule has 0 radical (unpaired) electrons. The van der Waals surface area contributed by atoms with Crippen LogP contribution in [0.5, 0.6) is 0 Å². The van der Waals surface area contributed by atoms with Gasteiger partial charge in [-0.15, -0.1) is 0 Å². The molecule has 4 fully saturated rings. The zero-order valence-corrected chi connectivity index (χ0v) is 50.0. The fourth-order valence-corrected chi connectivity index (χ4v) is 12.5. The van der Waals surface area contributed by atoms with Gasteiger partial charge >= 0.3 is 17.9 Å². The van der Waals surface area contributed by atoms with Crippen molar-refractivity contribution in [1.82, 2.24) is 9.47 Å². The van der Waals surface area contributed by atoms with Gasteiger partial charge < -0.3 is 82.9 Å². The van der Waals surface area contributed by atoms with Crippen molar-refractivity contribution in [3.05, 3.63) is 44.0 Å². The fraction of sp³-hybridized carbons (Fsp3) is 0.789. The van der Waals surface area contributed by atoms with Gasteiger partial charge in [-0.05, 0) is 106 Å². The number of hydrogen-bond donors (Lipinski definition) is 6. The summed E-state index contributed by atoms with van der Waals surface area (Å²) in [4.78, 5) is 67.3. The number of methoxy groups -OCH3 is 1. The van der Waals surface area contributed by atoms with Gasteiger partial charge in [-0.3, -0.25) is 14.4 Å². The summed E-state index contributed by atoms with van der Waals surface area (Å²) in [7, 11) is 5.12. The predicted molar refractivity (Wildman–Crippen MR) is 298 cm³/mol. The van der Waals surface area contributed by atoms with E-state index in [4.69, 9.17) is 54.2 Å². The molecule has 24 heteroatoms. The molecule has 3 unspecified atom stereocenters. The van der Waals surface area contributed by atoms with E-state index in [1.165, 1.54) is 27.2 Å². The molecule has 0 spiro atoms. The second kappa shape index (κ2) is 27.8. The number of anilines is 1. The van der Waals surface area contributed by atoms with Gasteiger partial charge in [0.25, 0.3) is 0 Å². The minimum atomic E-state index is -2.05. The van der Waals surface area contributed by atoms with E-state index in [1.807, 2.05) is 25.9 Å². The second-order valence-corrected chi connectivity index (χ2v) is 24.3. The van der Waals surface area contributed by atoms with Gasteiger partial charge in [-0.2, -0.15) is 4.91 Å². The molecule has 1 saturated carbocycles. The highest BCUT2D eigenvalue weighted by Gasteiger charge is 2.55. The van der Waals surface area contributed by atoms with Crippen molar-refractivity contribution in [3.8, 4) is 0 Å². The summed E-state index contributed by atoms with van der Waals surface area (Å²) in [6.45, 7) is 17.3. The Kier molecular flexibility index (Phi) is 22.7. The Morgan fingerprint density at radius 3 is 2.20 bits per heavy atom. The Morgan fingerprint density at radius 1 is 0.926 bits per heavy atom. The number of aromatic nitrogens is 1. The van der Waals surface area contributed by atoms with Gasteiger partial charge in [0.05, 0.1) is 97.2 Å². The number of likely N-dealkylation sites (N-methyl/N-ethyl adjacent to an activating group) is 1. The van der Waals surface area contributed by atoms with E-state index in [1.54, 1.807) is 65.2 Å². The molecule has 6 N–H and O–H groups in total. The number of carbonyl (C=O) groups is 3. The van der Waals surface area contributed by atoms with Crippen LogP contribution >= 0.6 is 11.6 Å². The van der Waals surface area contributed by atoms with E-state index >= 15 is 0 Å². The molecule has 19 atom stereocenters. The summed E-state index contributed by atoms with van der Waals surface area (Å²) in [5, 5.41) is 64.9. The maximum atomic E-state index is 14.5. The Labute approximate surface area is 479 Å². The van der Waals surface area contributed by atoms with E-state index in [-0.39, 0.29) is 81.2 Å². The zero-order chi connectivity index (χ0) is 60.1. The number of aliphatic hydroxyl groups is 4. The average Bonchev–Trinajstić information content (AvgIpc) is 4.27. The van der Waals surface area contributed by atoms with Crippen LogP contribution in [0.25, 0.3) is 10.9 Å². The largest absolute Gasteiger partial charge is 0.477 e. The van der Waals surface area contributed by atoms with Crippen molar-refractivity contribution in [2.45, 2.75) is 211 Å². The number of rotatable bonds is 21. The lowest BCUT2D eigenvalue weighted by molar-refractivity contribution is -0.319. The molecule has 0 amide bonds. The van der Waals surface area contributed by atoms with Gasteiger partial charge in [0.2, 0.25) is 5.43 Å².